The summed E-state index contributed by atoms with van der Waals surface area (Å²) in [5.41, 5.74) is 1.24. The van der Waals surface area contributed by atoms with E-state index in [2.05, 4.69) is 29.3 Å². The monoisotopic (exact) mass is 263 g/mol. The highest BCUT2D eigenvalue weighted by Gasteiger charge is 2.10. The van der Waals surface area contributed by atoms with Crippen molar-refractivity contribution in [2.45, 2.75) is 33.2 Å². The number of halogens is 1. The molecule has 1 N–H and O–H groups in total. The average Bonchev–Trinajstić information content (AvgIpc) is 2.81. The Morgan fingerprint density at radius 1 is 1.37 bits per heavy atom. The Balaban J connectivity index is 2.05. The maximum atomic E-state index is 13.5. The zero-order chi connectivity index (χ0) is 13.8. The van der Waals surface area contributed by atoms with E-state index in [1.807, 2.05) is 0 Å². The van der Waals surface area contributed by atoms with Crippen LogP contribution in [0.2, 0.25) is 0 Å². The van der Waals surface area contributed by atoms with Crippen molar-refractivity contribution in [2.75, 3.05) is 6.54 Å². The molecule has 0 bridgehead atoms. The van der Waals surface area contributed by atoms with Gasteiger partial charge in [0.15, 0.2) is 0 Å². The molecule has 0 aliphatic rings. The Morgan fingerprint density at radius 3 is 2.84 bits per heavy atom. The van der Waals surface area contributed by atoms with E-state index in [0.717, 1.165) is 6.54 Å². The van der Waals surface area contributed by atoms with Gasteiger partial charge in [0.1, 0.15) is 5.82 Å². The van der Waals surface area contributed by atoms with Crippen LogP contribution >= 0.6 is 0 Å². The molecule has 19 heavy (non-hydrogen) atoms. The summed E-state index contributed by atoms with van der Waals surface area (Å²) in [5.74, 6) is 0.730. The minimum atomic E-state index is -0.259. The molecule has 5 heteroatoms. The summed E-state index contributed by atoms with van der Waals surface area (Å²) in [7, 11) is 0. The van der Waals surface area contributed by atoms with Gasteiger partial charge in [0.05, 0.1) is 0 Å². The van der Waals surface area contributed by atoms with Gasteiger partial charge < -0.3 is 9.84 Å². The van der Waals surface area contributed by atoms with E-state index in [1.165, 1.54) is 6.07 Å². The van der Waals surface area contributed by atoms with E-state index in [1.54, 1.807) is 19.1 Å². The van der Waals surface area contributed by atoms with Gasteiger partial charge in [0.2, 0.25) is 11.7 Å². The molecule has 0 aliphatic carbocycles. The van der Waals surface area contributed by atoms with E-state index in [9.17, 15) is 4.39 Å². The van der Waals surface area contributed by atoms with Crippen molar-refractivity contribution in [3.63, 3.8) is 0 Å². The Morgan fingerprint density at radius 2 is 2.16 bits per heavy atom. The normalized spacial score (nSPS) is 11.2. The first kappa shape index (κ1) is 13.7. The lowest BCUT2D eigenvalue weighted by molar-refractivity contribution is 0.374. The molecule has 1 aromatic carbocycles. The molecule has 0 fully saturated rings. The first-order valence-corrected chi connectivity index (χ1v) is 6.39. The second-order valence-electron chi connectivity index (χ2n) is 4.83. The second kappa shape index (κ2) is 5.93. The van der Waals surface area contributed by atoms with Gasteiger partial charge >= 0.3 is 0 Å². The van der Waals surface area contributed by atoms with E-state index >= 15 is 0 Å². The molecule has 0 amide bonds. The van der Waals surface area contributed by atoms with Crippen molar-refractivity contribution in [3.05, 3.63) is 35.5 Å². The molecule has 0 spiro atoms. The molecule has 1 aromatic heterocycles. The van der Waals surface area contributed by atoms with Crippen LogP contribution in [0.15, 0.2) is 22.7 Å². The quantitative estimate of drug-likeness (QED) is 0.901. The Hall–Kier alpha value is -1.75. The van der Waals surface area contributed by atoms with Gasteiger partial charge in [-0.2, -0.15) is 4.98 Å². The summed E-state index contributed by atoms with van der Waals surface area (Å²) in [6, 6.07) is 5.35. The molecule has 0 unspecified atom stereocenters. The summed E-state index contributed by atoms with van der Waals surface area (Å²) in [4.78, 5) is 4.26. The SMILES string of the molecule is Cc1ccc(-c2noc(CCNC(C)C)n2)cc1F. The van der Waals surface area contributed by atoms with Gasteiger partial charge in [-0.15, -0.1) is 0 Å². The predicted molar refractivity (Wildman–Crippen MR) is 71.3 cm³/mol. The molecular formula is C14H18FN3O. The number of nitrogens with zero attached hydrogens (tertiary/aromatic N) is 2. The smallest absolute Gasteiger partial charge is 0.228 e. The van der Waals surface area contributed by atoms with Crippen LogP contribution in [-0.4, -0.2) is 22.7 Å². The zero-order valence-corrected chi connectivity index (χ0v) is 11.4. The van der Waals surface area contributed by atoms with E-state index < -0.39 is 0 Å². The Kier molecular flexibility index (Phi) is 4.27. The van der Waals surface area contributed by atoms with Crippen LogP contribution in [-0.2, 0) is 6.42 Å². The van der Waals surface area contributed by atoms with Crippen molar-refractivity contribution in [1.82, 2.24) is 15.5 Å². The van der Waals surface area contributed by atoms with Crippen LogP contribution in [0, 0.1) is 12.7 Å². The van der Waals surface area contributed by atoms with Crippen molar-refractivity contribution < 1.29 is 8.91 Å². The fourth-order valence-corrected chi connectivity index (χ4v) is 1.67. The lowest BCUT2D eigenvalue weighted by atomic mass is 10.1. The van der Waals surface area contributed by atoms with E-state index in [4.69, 9.17) is 4.52 Å². The van der Waals surface area contributed by atoms with Gasteiger partial charge in [-0.25, -0.2) is 4.39 Å². The summed E-state index contributed by atoms with van der Waals surface area (Å²) < 4.78 is 18.6. The third kappa shape index (κ3) is 3.61. The van der Waals surface area contributed by atoms with Gasteiger partial charge in [0.25, 0.3) is 0 Å². The first-order chi connectivity index (χ1) is 9.06. The van der Waals surface area contributed by atoms with Crippen LogP contribution in [0.3, 0.4) is 0 Å². The summed E-state index contributed by atoms with van der Waals surface area (Å²) in [6.45, 7) is 6.66. The Bertz CT molecular complexity index is 551. The molecule has 0 radical (unpaired) electrons. The van der Waals surface area contributed by atoms with Crippen LogP contribution in [0.25, 0.3) is 11.4 Å². The lowest BCUT2D eigenvalue weighted by Crippen LogP contribution is -2.25. The number of nitrogens with one attached hydrogen (secondary N) is 1. The fraction of sp³-hybridized carbons (Fsp3) is 0.429. The lowest BCUT2D eigenvalue weighted by Gasteiger charge is -2.04. The number of aromatic nitrogens is 2. The summed E-state index contributed by atoms with van der Waals surface area (Å²) in [5, 5.41) is 7.15. The van der Waals surface area contributed by atoms with Crippen molar-refractivity contribution in [2.24, 2.45) is 0 Å². The number of hydrogen-bond donors (Lipinski definition) is 1. The molecule has 0 saturated carbocycles. The highest BCUT2D eigenvalue weighted by molar-refractivity contribution is 5.54. The first-order valence-electron chi connectivity index (χ1n) is 6.39. The molecule has 0 atom stereocenters. The standard InChI is InChI=1S/C14H18FN3O/c1-9(2)16-7-6-13-17-14(18-19-13)11-5-4-10(3)12(15)8-11/h4-5,8-9,16H,6-7H2,1-3H3. The molecule has 102 valence electrons. The molecule has 2 rings (SSSR count). The fourth-order valence-electron chi connectivity index (χ4n) is 1.67. The highest BCUT2D eigenvalue weighted by atomic mass is 19.1. The van der Waals surface area contributed by atoms with Gasteiger partial charge in [-0.05, 0) is 18.6 Å². The molecule has 0 saturated heterocycles. The minimum absolute atomic E-state index is 0.259. The topological polar surface area (TPSA) is 51.0 Å². The zero-order valence-electron chi connectivity index (χ0n) is 11.4. The maximum Gasteiger partial charge on any atom is 0.228 e. The number of benzene rings is 1. The summed E-state index contributed by atoms with van der Waals surface area (Å²) >= 11 is 0. The van der Waals surface area contributed by atoms with E-state index in [0.29, 0.717) is 35.3 Å². The second-order valence-corrected chi connectivity index (χ2v) is 4.83. The molecule has 2 aromatic rings. The molecular weight excluding hydrogens is 245 g/mol. The Labute approximate surface area is 112 Å². The predicted octanol–water partition coefficient (Wildman–Crippen LogP) is 2.72. The number of rotatable bonds is 5. The van der Waals surface area contributed by atoms with Gasteiger partial charge in [0, 0.05) is 24.6 Å². The van der Waals surface area contributed by atoms with Crippen molar-refractivity contribution in [3.8, 4) is 11.4 Å². The molecule has 1 heterocycles. The number of aryl methyl sites for hydroxylation is 1. The summed E-state index contributed by atoms with van der Waals surface area (Å²) in [6.07, 6.45) is 0.666. The van der Waals surface area contributed by atoms with Crippen LogP contribution in [0.4, 0.5) is 4.39 Å². The largest absolute Gasteiger partial charge is 0.339 e. The molecule has 4 nitrogen and oxygen atoms in total. The average molecular weight is 263 g/mol. The maximum absolute atomic E-state index is 13.5. The van der Waals surface area contributed by atoms with Crippen molar-refractivity contribution >= 4 is 0 Å². The van der Waals surface area contributed by atoms with Crippen LogP contribution in [0.5, 0.6) is 0 Å². The third-order valence-corrected chi connectivity index (χ3v) is 2.79. The molecule has 0 aliphatic heterocycles. The van der Waals surface area contributed by atoms with Gasteiger partial charge in [-0.3, -0.25) is 0 Å². The third-order valence-electron chi connectivity index (χ3n) is 2.79. The van der Waals surface area contributed by atoms with Crippen molar-refractivity contribution in [1.29, 1.82) is 0 Å². The van der Waals surface area contributed by atoms with E-state index in [-0.39, 0.29) is 5.82 Å². The highest BCUT2D eigenvalue weighted by Crippen LogP contribution is 2.18. The minimum Gasteiger partial charge on any atom is -0.339 e. The van der Waals surface area contributed by atoms with Gasteiger partial charge in [-0.1, -0.05) is 31.1 Å². The van der Waals surface area contributed by atoms with Crippen LogP contribution in [0.1, 0.15) is 25.3 Å². The van der Waals surface area contributed by atoms with Crippen LogP contribution < -0.4 is 5.32 Å². The number of hydrogen-bond acceptors (Lipinski definition) is 4.